The third-order valence-corrected chi connectivity index (χ3v) is 3.92. The number of fused-ring (bicyclic) bond motifs is 1. The molecule has 2 aromatic rings. The minimum absolute atomic E-state index is 0.0677. The summed E-state index contributed by atoms with van der Waals surface area (Å²) < 4.78 is 0.905. The number of carbonyl (C=O) groups is 1. The lowest BCUT2D eigenvalue weighted by Gasteiger charge is -2.14. The molecular formula is C14H10BrClN2O. The summed E-state index contributed by atoms with van der Waals surface area (Å²) in [4.78, 5) is 12.0. The number of rotatable bonds is 2. The molecule has 1 aliphatic heterocycles. The Morgan fingerprint density at radius 1 is 1.21 bits per heavy atom. The number of hydrogen-bond acceptors (Lipinski definition) is 2. The fourth-order valence-electron chi connectivity index (χ4n) is 2.16. The monoisotopic (exact) mass is 336 g/mol. The van der Waals surface area contributed by atoms with Crippen LogP contribution in [-0.4, -0.2) is 5.91 Å². The van der Waals surface area contributed by atoms with Crippen molar-refractivity contribution < 1.29 is 4.79 Å². The maximum atomic E-state index is 12.0. The Balaban J connectivity index is 1.97. The molecule has 1 unspecified atom stereocenters. The second kappa shape index (κ2) is 4.87. The van der Waals surface area contributed by atoms with Gasteiger partial charge in [-0.05, 0) is 30.3 Å². The molecule has 0 bridgehead atoms. The van der Waals surface area contributed by atoms with E-state index >= 15 is 0 Å². The molecule has 1 amide bonds. The van der Waals surface area contributed by atoms with E-state index in [1.165, 1.54) is 0 Å². The summed E-state index contributed by atoms with van der Waals surface area (Å²) >= 11 is 9.43. The summed E-state index contributed by atoms with van der Waals surface area (Å²) in [6, 6.07) is 12.6. The van der Waals surface area contributed by atoms with Gasteiger partial charge in [-0.1, -0.05) is 39.7 Å². The van der Waals surface area contributed by atoms with E-state index in [9.17, 15) is 4.79 Å². The Bertz CT molecular complexity index is 660. The van der Waals surface area contributed by atoms with Gasteiger partial charge >= 0.3 is 0 Å². The Morgan fingerprint density at radius 3 is 2.79 bits per heavy atom. The average Bonchev–Trinajstić information content (AvgIpc) is 2.67. The molecule has 5 heteroatoms. The number of hydrogen-bond donors (Lipinski definition) is 2. The van der Waals surface area contributed by atoms with Crippen molar-refractivity contribution in [3.05, 3.63) is 57.5 Å². The van der Waals surface area contributed by atoms with Crippen molar-refractivity contribution >= 4 is 44.8 Å². The summed E-state index contributed by atoms with van der Waals surface area (Å²) in [6.45, 7) is 0. The largest absolute Gasteiger partial charge is 0.370 e. The summed E-state index contributed by atoms with van der Waals surface area (Å²) in [5.41, 5.74) is 2.57. The second-order valence-electron chi connectivity index (χ2n) is 4.28. The predicted molar refractivity (Wildman–Crippen MR) is 80.6 cm³/mol. The van der Waals surface area contributed by atoms with Crippen LogP contribution in [0.15, 0.2) is 46.9 Å². The zero-order valence-corrected chi connectivity index (χ0v) is 12.1. The van der Waals surface area contributed by atoms with Crippen LogP contribution in [0.5, 0.6) is 0 Å². The lowest BCUT2D eigenvalue weighted by atomic mass is 10.1. The normalized spacial score (nSPS) is 16.9. The zero-order chi connectivity index (χ0) is 13.4. The van der Waals surface area contributed by atoms with E-state index < -0.39 is 6.04 Å². The first kappa shape index (κ1) is 12.5. The molecule has 19 heavy (non-hydrogen) atoms. The number of nitrogens with one attached hydrogen (secondary N) is 2. The van der Waals surface area contributed by atoms with E-state index in [4.69, 9.17) is 11.6 Å². The van der Waals surface area contributed by atoms with Crippen molar-refractivity contribution in [2.75, 3.05) is 10.6 Å². The molecule has 96 valence electrons. The van der Waals surface area contributed by atoms with Gasteiger partial charge in [0, 0.05) is 26.4 Å². The van der Waals surface area contributed by atoms with Crippen molar-refractivity contribution in [1.29, 1.82) is 0 Å². The van der Waals surface area contributed by atoms with E-state index in [0.717, 1.165) is 21.4 Å². The van der Waals surface area contributed by atoms with Crippen LogP contribution in [0.4, 0.5) is 11.4 Å². The molecule has 1 atom stereocenters. The highest BCUT2D eigenvalue weighted by Gasteiger charge is 2.32. The van der Waals surface area contributed by atoms with E-state index in [1.807, 2.05) is 30.3 Å². The quantitative estimate of drug-likeness (QED) is 0.862. The first-order valence-electron chi connectivity index (χ1n) is 5.76. The van der Waals surface area contributed by atoms with Crippen LogP contribution in [0.1, 0.15) is 11.6 Å². The van der Waals surface area contributed by atoms with Crippen molar-refractivity contribution in [2.45, 2.75) is 6.04 Å². The van der Waals surface area contributed by atoms with Crippen LogP contribution in [0.25, 0.3) is 0 Å². The number of benzene rings is 2. The minimum atomic E-state index is -0.413. The van der Waals surface area contributed by atoms with Crippen LogP contribution in [0, 0.1) is 0 Å². The summed E-state index contributed by atoms with van der Waals surface area (Å²) in [5, 5.41) is 6.70. The van der Waals surface area contributed by atoms with E-state index in [2.05, 4.69) is 26.6 Å². The first-order chi connectivity index (χ1) is 9.15. The fourth-order valence-corrected chi connectivity index (χ4v) is 2.94. The van der Waals surface area contributed by atoms with Crippen LogP contribution in [-0.2, 0) is 4.79 Å². The van der Waals surface area contributed by atoms with E-state index in [0.29, 0.717) is 5.02 Å². The molecule has 0 saturated heterocycles. The second-order valence-corrected chi connectivity index (χ2v) is 5.57. The van der Waals surface area contributed by atoms with Crippen molar-refractivity contribution in [1.82, 2.24) is 0 Å². The number of carbonyl (C=O) groups excluding carboxylic acids is 1. The summed E-state index contributed by atoms with van der Waals surface area (Å²) in [6.07, 6.45) is 0. The first-order valence-corrected chi connectivity index (χ1v) is 6.93. The zero-order valence-electron chi connectivity index (χ0n) is 9.78. The standard InChI is InChI=1S/C14H10BrClN2O/c15-10-5-2-6-11-12(10)13(14(19)18-11)17-9-4-1-3-8(16)7-9/h1-7,13,17H,(H,18,19). The fraction of sp³-hybridized carbons (Fsp3) is 0.0714. The van der Waals surface area contributed by atoms with Crippen LogP contribution >= 0.6 is 27.5 Å². The number of amides is 1. The average molecular weight is 338 g/mol. The van der Waals surface area contributed by atoms with E-state index in [1.54, 1.807) is 12.1 Å². The Labute approximate surface area is 124 Å². The van der Waals surface area contributed by atoms with Gasteiger partial charge in [0.05, 0.1) is 0 Å². The van der Waals surface area contributed by atoms with Gasteiger partial charge in [-0.15, -0.1) is 0 Å². The van der Waals surface area contributed by atoms with Gasteiger partial charge in [0.25, 0.3) is 5.91 Å². The van der Waals surface area contributed by atoms with Crippen molar-refractivity contribution in [2.24, 2.45) is 0 Å². The number of anilines is 2. The third kappa shape index (κ3) is 2.33. The Morgan fingerprint density at radius 2 is 2.00 bits per heavy atom. The molecule has 0 aromatic heterocycles. The van der Waals surface area contributed by atoms with Gasteiger partial charge < -0.3 is 10.6 Å². The Hall–Kier alpha value is -1.52. The van der Waals surface area contributed by atoms with Gasteiger partial charge in [0.15, 0.2) is 0 Å². The molecule has 0 fully saturated rings. The van der Waals surface area contributed by atoms with E-state index in [-0.39, 0.29) is 5.91 Å². The highest BCUT2D eigenvalue weighted by atomic mass is 79.9. The van der Waals surface area contributed by atoms with Gasteiger partial charge in [0.1, 0.15) is 6.04 Å². The molecule has 1 heterocycles. The summed E-state index contributed by atoms with van der Waals surface area (Å²) in [5.74, 6) is -0.0677. The molecule has 0 radical (unpaired) electrons. The van der Waals surface area contributed by atoms with Gasteiger partial charge in [-0.3, -0.25) is 4.79 Å². The molecule has 1 aliphatic rings. The molecule has 0 spiro atoms. The molecule has 3 nitrogen and oxygen atoms in total. The highest BCUT2D eigenvalue weighted by Crippen LogP contribution is 2.38. The van der Waals surface area contributed by atoms with Gasteiger partial charge in [-0.2, -0.15) is 0 Å². The molecule has 2 aromatic carbocycles. The third-order valence-electron chi connectivity index (χ3n) is 3.00. The van der Waals surface area contributed by atoms with Crippen LogP contribution in [0.2, 0.25) is 5.02 Å². The minimum Gasteiger partial charge on any atom is -0.370 e. The molecule has 3 rings (SSSR count). The van der Waals surface area contributed by atoms with Gasteiger partial charge in [-0.25, -0.2) is 0 Å². The molecule has 0 aliphatic carbocycles. The predicted octanol–water partition coefficient (Wildman–Crippen LogP) is 4.21. The lowest BCUT2D eigenvalue weighted by molar-refractivity contribution is -0.116. The maximum Gasteiger partial charge on any atom is 0.251 e. The highest BCUT2D eigenvalue weighted by molar-refractivity contribution is 9.10. The number of halogens is 2. The molecular weight excluding hydrogens is 328 g/mol. The summed E-state index contributed by atoms with van der Waals surface area (Å²) in [7, 11) is 0. The maximum absolute atomic E-state index is 12.0. The molecule has 0 saturated carbocycles. The van der Waals surface area contributed by atoms with Crippen molar-refractivity contribution in [3.8, 4) is 0 Å². The topological polar surface area (TPSA) is 41.1 Å². The Kier molecular flexibility index (Phi) is 3.21. The smallest absolute Gasteiger partial charge is 0.251 e. The van der Waals surface area contributed by atoms with Gasteiger partial charge in [0.2, 0.25) is 0 Å². The van der Waals surface area contributed by atoms with Crippen molar-refractivity contribution in [3.63, 3.8) is 0 Å². The van der Waals surface area contributed by atoms with Crippen LogP contribution < -0.4 is 10.6 Å². The SMILES string of the molecule is O=C1Nc2cccc(Br)c2C1Nc1cccc(Cl)c1. The molecule has 2 N–H and O–H groups in total. The van der Waals surface area contributed by atoms with Crippen LogP contribution in [0.3, 0.4) is 0 Å². The lowest BCUT2D eigenvalue weighted by Crippen LogP contribution is -2.19.